The summed E-state index contributed by atoms with van der Waals surface area (Å²) in [5, 5.41) is 5.68. The predicted molar refractivity (Wildman–Crippen MR) is 92.0 cm³/mol. The number of nitrogens with one attached hydrogen (secondary N) is 2. The molecule has 0 aliphatic carbocycles. The maximum absolute atomic E-state index is 12.0. The summed E-state index contributed by atoms with van der Waals surface area (Å²) >= 11 is 0. The van der Waals surface area contributed by atoms with E-state index in [1.807, 2.05) is 24.3 Å². The minimum atomic E-state index is -0.176. The van der Waals surface area contributed by atoms with Crippen molar-refractivity contribution in [2.24, 2.45) is 0 Å². The van der Waals surface area contributed by atoms with Gasteiger partial charge in [0.25, 0.3) is 5.91 Å². The minimum Gasteiger partial charge on any atom is -0.482 e. The van der Waals surface area contributed by atoms with Gasteiger partial charge < -0.3 is 15.4 Å². The second-order valence-corrected chi connectivity index (χ2v) is 5.78. The number of anilines is 1. The quantitative estimate of drug-likeness (QED) is 0.801. The van der Waals surface area contributed by atoms with Crippen molar-refractivity contribution in [2.45, 2.75) is 19.3 Å². The molecule has 124 valence electrons. The molecule has 0 radical (unpaired) electrons. The first-order valence-corrected chi connectivity index (χ1v) is 8.07. The van der Waals surface area contributed by atoms with E-state index >= 15 is 0 Å². The van der Waals surface area contributed by atoms with E-state index in [9.17, 15) is 9.59 Å². The topological polar surface area (TPSA) is 67.4 Å². The lowest BCUT2D eigenvalue weighted by Crippen LogP contribution is -2.27. The minimum absolute atomic E-state index is 0.0222. The Hall–Kier alpha value is -2.82. The van der Waals surface area contributed by atoms with Gasteiger partial charge >= 0.3 is 0 Å². The molecule has 5 heteroatoms. The highest BCUT2D eigenvalue weighted by Crippen LogP contribution is 2.28. The van der Waals surface area contributed by atoms with Crippen LogP contribution in [0.15, 0.2) is 48.5 Å². The first-order valence-electron chi connectivity index (χ1n) is 8.07. The van der Waals surface area contributed by atoms with Crippen LogP contribution in [0.5, 0.6) is 5.75 Å². The number of carbonyl (C=O) groups excluding carboxylic acids is 2. The van der Waals surface area contributed by atoms with Crippen LogP contribution in [0.1, 0.15) is 17.5 Å². The largest absolute Gasteiger partial charge is 0.482 e. The van der Waals surface area contributed by atoms with Crippen molar-refractivity contribution in [3.63, 3.8) is 0 Å². The third-order valence-electron chi connectivity index (χ3n) is 3.85. The summed E-state index contributed by atoms with van der Waals surface area (Å²) in [6.07, 6.45) is 2.14. The third-order valence-corrected chi connectivity index (χ3v) is 3.85. The Kier molecular flexibility index (Phi) is 5.11. The molecule has 1 heterocycles. The molecular formula is C19H20N2O3. The number of fused-ring (bicyclic) bond motifs is 1. The van der Waals surface area contributed by atoms with Crippen LogP contribution in [0.2, 0.25) is 0 Å². The number of amides is 2. The molecule has 3 rings (SSSR count). The Labute approximate surface area is 141 Å². The monoisotopic (exact) mass is 324 g/mol. The molecule has 0 aromatic heterocycles. The number of rotatable bonds is 6. The first kappa shape index (κ1) is 16.1. The molecule has 0 unspecified atom stereocenters. The van der Waals surface area contributed by atoms with E-state index in [2.05, 4.69) is 22.8 Å². The van der Waals surface area contributed by atoms with E-state index in [-0.39, 0.29) is 24.8 Å². The lowest BCUT2D eigenvalue weighted by atomic mass is 10.1. The number of hydrogen-bond donors (Lipinski definition) is 2. The van der Waals surface area contributed by atoms with Gasteiger partial charge in [0.15, 0.2) is 6.61 Å². The van der Waals surface area contributed by atoms with Gasteiger partial charge in [-0.1, -0.05) is 36.4 Å². The van der Waals surface area contributed by atoms with Gasteiger partial charge in [0.05, 0.1) is 12.1 Å². The highest BCUT2D eigenvalue weighted by molar-refractivity contribution is 5.95. The molecule has 0 fully saturated rings. The van der Waals surface area contributed by atoms with Crippen molar-refractivity contribution in [1.29, 1.82) is 0 Å². The second kappa shape index (κ2) is 7.64. The number of hydrogen-bond acceptors (Lipinski definition) is 3. The van der Waals surface area contributed by atoms with Gasteiger partial charge in [-0.15, -0.1) is 0 Å². The van der Waals surface area contributed by atoms with Gasteiger partial charge in [-0.2, -0.15) is 0 Å². The van der Waals surface area contributed by atoms with Crippen molar-refractivity contribution in [2.75, 3.05) is 18.5 Å². The molecule has 1 aliphatic rings. The normalized spacial score (nSPS) is 12.8. The SMILES string of the molecule is O=C(Cc1ccc2c(c1)NC(=O)CO2)NCCCc1ccccc1. The first-order chi connectivity index (χ1) is 11.7. The maximum Gasteiger partial charge on any atom is 0.262 e. The Morgan fingerprint density at radius 1 is 1.12 bits per heavy atom. The van der Waals surface area contributed by atoms with Crippen LogP contribution in [-0.4, -0.2) is 25.0 Å². The predicted octanol–water partition coefficient (Wildman–Crippen LogP) is 2.31. The standard InChI is InChI=1S/C19H20N2O3/c22-18(20-10-4-7-14-5-2-1-3-6-14)12-15-8-9-17-16(11-15)21-19(23)13-24-17/h1-3,5-6,8-9,11H,4,7,10,12-13H2,(H,20,22)(H,21,23). The van der Waals surface area contributed by atoms with E-state index in [0.717, 1.165) is 18.4 Å². The van der Waals surface area contributed by atoms with Gasteiger partial charge in [-0.05, 0) is 36.1 Å². The summed E-state index contributed by atoms with van der Waals surface area (Å²) in [6.45, 7) is 0.687. The summed E-state index contributed by atoms with van der Waals surface area (Å²) in [5.41, 5.74) is 2.75. The summed E-state index contributed by atoms with van der Waals surface area (Å²) in [7, 11) is 0. The van der Waals surface area contributed by atoms with Crippen LogP contribution in [-0.2, 0) is 22.4 Å². The van der Waals surface area contributed by atoms with Gasteiger partial charge in [-0.25, -0.2) is 0 Å². The molecule has 0 bridgehead atoms. The highest BCUT2D eigenvalue weighted by Gasteiger charge is 2.16. The average molecular weight is 324 g/mol. The van der Waals surface area contributed by atoms with E-state index in [4.69, 9.17) is 4.74 Å². The maximum atomic E-state index is 12.0. The molecule has 0 saturated carbocycles. The average Bonchev–Trinajstić information content (AvgIpc) is 2.59. The van der Waals surface area contributed by atoms with Crippen molar-refractivity contribution in [1.82, 2.24) is 5.32 Å². The number of carbonyl (C=O) groups is 2. The van der Waals surface area contributed by atoms with Crippen molar-refractivity contribution < 1.29 is 14.3 Å². The van der Waals surface area contributed by atoms with Crippen LogP contribution in [0.3, 0.4) is 0 Å². The van der Waals surface area contributed by atoms with E-state index < -0.39 is 0 Å². The Morgan fingerprint density at radius 3 is 2.79 bits per heavy atom. The van der Waals surface area contributed by atoms with E-state index in [1.165, 1.54) is 5.56 Å². The fraction of sp³-hybridized carbons (Fsp3) is 0.263. The van der Waals surface area contributed by atoms with Gasteiger partial charge in [-0.3, -0.25) is 9.59 Å². The molecule has 2 N–H and O–H groups in total. The van der Waals surface area contributed by atoms with Gasteiger partial charge in [0.1, 0.15) is 5.75 Å². The van der Waals surface area contributed by atoms with Crippen molar-refractivity contribution >= 4 is 17.5 Å². The molecular weight excluding hydrogens is 304 g/mol. The Balaban J connectivity index is 1.45. The lowest BCUT2D eigenvalue weighted by Gasteiger charge is -2.18. The van der Waals surface area contributed by atoms with Crippen molar-refractivity contribution in [3.05, 3.63) is 59.7 Å². The summed E-state index contributed by atoms with van der Waals surface area (Å²) in [4.78, 5) is 23.4. The Bertz CT molecular complexity index is 729. The van der Waals surface area contributed by atoms with Crippen LogP contribution in [0.25, 0.3) is 0 Å². The van der Waals surface area contributed by atoms with Gasteiger partial charge in [0, 0.05) is 6.54 Å². The van der Waals surface area contributed by atoms with Gasteiger partial charge in [0.2, 0.25) is 5.91 Å². The van der Waals surface area contributed by atoms with Crippen LogP contribution in [0.4, 0.5) is 5.69 Å². The molecule has 2 amide bonds. The zero-order valence-electron chi connectivity index (χ0n) is 13.4. The summed E-state index contributed by atoms with van der Waals surface area (Å²) < 4.78 is 5.30. The number of ether oxygens (including phenoxy) is 1. The van der Waals surface area contributed by atoms with E-state index in [1.54, 1.807) is 12.1 Å². The summed E-state index contributed by atoms with van der Waals surface area (Å²) in [5.74, 6) is 0.442. The molecule has 2 aromatic carbocycles. The second-order valence-electron chi connectivity index (χ2n) is 5.78. The molecule has 0 atom stereocenters. The fourth-order valence-corrected chi connectivity index (χ4v) is 2.65. The van der Waals surface area contributed by atoms with Crippen LogP contribution in [0, 0.1) is 0 Å². The third kappa shape index (κ3) is 4.35. The van der Waals surface area contributed by atoms with Crippen LogP contribution < -0.4 is 15.4 Å². The molecule has 2 aromatic rings. The smallest absolute Gasteiger partial charge is 0.262 e. The number of benzene rings is 2. The highest BCUT2D eigenvalue weighted by atomic mass is 16.5. The zero-order valence-corrected chi connectivity index (χ0v) is 13.4. The molecule has 24 heavy (non-hydrogen) atoms. The molecule has 1 aliphatic heterocycles. The zero-order chi connectivity index (χ0) is 16.8. The molecule has 0 spiro atoms. The molecule has 5 nitrogen and oxygen atoms in total. The fourth-order valence-electron chi connectivity index (χ4n) is 2.65. The number of aryl methyl sites for hydroxylation is 1. The molecule has 0 saturated heterocycles. The Morgan fingerprint density at radius 2 is 1.96 bits per heavy atom. The van der Waals surface area contributed by atoms with Crippen molar-refractivity contribution in [3.8, 4) is 5.75 Å². The van der Waals surface area contributed by atoms with Crippen LogP contribution >= 0.6 is 0 Å². The summed E-state index contributed by atoms with van der Waals surface area (Å²) in [6, 6.07) is 15.6. The van der Waals surface area contributed by atoms with E-state index in [0.29, 0.717) is 18.0 Å². The lowest BCUT2D eigenvalue weighted by molar-refractivity contribution is -0.120.